The number of nitrogens with zero attached hydrogens (tertiary/aromatic N) is 3. The summed E-state index contributed by atoms with van der Waals surface area (Å²) in [4.78, 5) is 37.7. The van der Waals surface area contributed by atoms with E-state index in [4.69, 9.17) is 0 Å². The van der Waals surface area contributed by atoms with E-state index in [1.807, 2.05) is 32.5 Å². The van der Waals surface area contributed by atoms with E-state index in [1.54, 1.807) is 6.07 Å². The molecule has 8 nitrogen and oxygen atoms in total. The second-order valence-electron chi connectivity index (χ2n) is 8.26. The Morgan fingerprint density at radius 1 is 1.27 bits per heavy atom. The highest BCUT2D eigenvalue weighted by Crippen LogP contribution is 2.18. The average molecular weight is 414 g/mol. The van der Waals surface area contributed by atoms with Crippen LogP contribution in [-0.2, 0) is 24.8 Å². The van der Waals surface area contributed by atoms with Gasteiger partial charge >= 0.3 is 0 Å². The zero-order valence-electron chi connectivity index (χ0n) is 18.2. The van der Waals surface area contributed by atoms with Crippen LogP contribution < -0.4 is 16.2 Å². The summed E-state index contributed by atoms with van der Waals surface area (Å²) in [5.74, 6) is -0.630. The van der Waals surface area contributed by atoms with Crippen molar-refractivity contribution in [3.05, 3.63) is 51.2 Å². The lowest BCUT2D eigenvalue weighted by molar-refractivity contribution is -0.122. The molecule has 1 aliphatic carbocycles. The summed E-state index contributed by atoms with van der Waals surface area (Å²) in [5.41, 5.74) is 2.77. The zero-order valence-corrected chi connectivity index (χ0v) is 18.2. The fourth-order valence-electron chi connectivity index (χ4n) is 4.11. The Balaban J connectivity index is 1.62. The van der Waals surface area contributed by atoms with Gasteiger partial charge in [-0.05, 0) is 57.7 Å². The van der Waals surface area contributed by atoms with Crippen LogP contribution in [0.15, 0.2) is 23.1 Å². The molecule has 0 radical (unpaired) electrons. The van der Waals surface area contributed by atoms with Gasteiger partial charge in [-0.1, -0.05) is 12.8 Å². The molecule has 2 aromatic rings. The number of pyridine rings is 1. The van der Waals surface area contributed by atoms with E-state index in [1.165, 1.54) is 16.8 Å². The van der Waals surface area contributed by atoms with Crippen LogP contribution in [0.2, 0.25) is 0 Å². The molecule has 8 heteroatoms. The van der Waals surface area contributed by atoms with Crippen molar-refractivity contribution in [2.75, 3.05) is 0 Å². The van der Waals surface area contributed by atoms with E-state index in [0.717, 1.165) is 42.6 Å². The third-order valence-electron chi connectivity index (χ3n) is 5.85. The van der Waals surface area contributed by atoms with Gasteiger partial charge in [0, 0.05) is 31.0 Å². The Morgan fingerprint density at radius 2 is 1.97 bits per heavy atom. The fourth-order valence-corrected chi connectivity index (χ4v) is 4.11. The Labute approximate surface area is 176 Å². The quantitative estimate of drug-likeness (QED) is 0.721. The Kier molecular flexibility index (Phi) is 6.74. The van der Waals surface area contributed by atoms with Gasteiger partial charge in [0.2, 0.25) is 5.91 Å². The van der Waals surface area contributed by atoms with Crippen molar-refractivity contribution < 1.29 is 9.59 Å². The molecule has 0 bridgehead atoms. The predicted octanol–water partition coefficient (Wildman–Crippen LogP) is 1.62. The number of aromatic nitrogens is 3. The van der Waals surface area contributed by atoms with Crippen LogP contribution in [0, 0.1) is 13.8 Å². The van der Waals surface area contributed by atoms with Crippen molar-refractivity contribution in [3.63, 3.8) is 0 Å². The Hall–Kier alpha value is -2.90. The highest BCUT2D eigenvalue weighted by molar-refractivity contribution is 5.94. The molecule has 2 aromatic heterocycles. The van der Waals surface area contributed by atoms with Crippen LogP contribution in [0.5, 0.6) is 0 Å². The first-order chi connectivity index (χ1) is 14.3. The molecule has 30 heavy (non-hydrogen) atoms. The molecule has 0 aromatic carbocycles. The Bertz CT molecular complexity index is 985. The van der Waals surface area contributed by atoms with Crippen molar-refractivity contribution in [3.8, 4) is 0 Å². The summed E-state index contributed by atoms with van der Waals surface area (Å²) in [6, 6.07) is 3.17. The molecule has 3 rings (SSSR count). The third kappa shape index (κ3) is 4.98. The van der Waals surface area contributed by atoms with Gasteiger partial charge in [-0.25, -0.2) is 0 Å². The highest BCUT2D eigenvalue weighted by atomic mass is 16.2. The minimum absolute atomic E-state index is 0.0758. The summed E-state index contributed by atoms with van der Waals surface area (Å²) >= 11 is 0. The lowest BCUT2D eigenvalue weighted by Crippen LogP contribution is -2.41. The summed E-state index contributed by atoms with van der Waals surface area (Å²) in [6.07, 6.45) is 6.29. The van der Waals surface area contributed by atoms with Gasteiger partial charge in [-0.2, -0.15) is 5.10 Å². The second-order valence-corrected chi connectivity index (χ2v) is 8.26. The Morgan fingerprint density at radius 3 is 2.60 bits per heavy atom. The van der Waals surface area contributed by atoms with Crippen LogP contribution in [0.1, 0.15) is 59.9 Å². The van der Waals surface area contributed by atoms with E-state index in [9.17, 15) is 14.4 Å². The molecule has 162 valence electrons. The maximum Gasteiger partial charge on any atom is 0.263 e. The topological polar surface area (TPSA) is 98.0 Å². The third-order valence-corrected chi connectivity index (χ3v) is 5.85. The van der Waals surface area contributed by atoms with Crippen molar-refractivity contribution in [2.45, 2.75) is 71.5 Å². The molecular weight excluding hydrogens is 382 g/mol. The number of hydrogen-bond donors (Lipinski definition) is 2. The lowest BCUT2D eigenvalue weighted by atomic mass is 10.1. The van der Waals surface area contributed by atoms with Crippen molar-refractivity contribution in [1.82, 2.24) is 25.0 Å². The van der Waals surface area contributed by atoms with E-state index in [2.05, 4.69) is 15.7 Å². The van der Waals surface area contributed by atoms with Gasteiger partial charge in [-0.3, -0.25) is 19.1 Å². The van der Waals surface area contributed by atoms with E-state index < -0.39 is 5.56 Å². The summed E-state index contributed by atoms with van der Waals surface area (Å²) in [6.45, 7) is 5.76. The van der Waals surface area contributed by atoms with Gasteiger partial charge in [0.05, 0.1) is 5.69 Å². The minimum Gasteiger partial charge on any atom is -0.352 e. The molecular formula is C22H31N5O3. The van der Waals surface area contributed by atoms with E-state index in [0.29, 0.717) is 6.42 Å². The lowest BCUT2D eigenvalue weighted by Gasteiger charge is -2.16. The molecule has 2 heterocycles. The average Bonchev–Trinajstić information content (AvgIpc) is 3.27. The number of amides is 2. The smallest absolute Gasteiger partial charge is 0.263 e. The molecule has 1 fully saturated rings. The summed E-state index contributed by atoms with van der Waals surface area (Å²) in [5, 5.41) is 10.3. The molecule has 2 amide bonds. The number of carbonyl (C=O) groups is 2. The van der Waals surface area contributed by atoms with Crippen molar-refractivity contribution in [1.29, 1.82) is 0 Å². The SMILES string of the molecule is Cc1nn(C)c(C)c1CC(C)NC(=O)Cn1cccc(C(=O)NC2CCCC2)c1=O. The van der Waals surface area contributed by atoms with Gasteiger partial charge in [-0.15, -0.1) is 0 Å². The molecule has 0 spiro atoms. The minimum atomic E-state index is -0.449. The first-order valence-corrected chi connectivity index (χ1v) is 10.5. The molecule has 0 aliphatic heterocycles. The van der Waals surface area contributed by atoms with Crippen LogP contribution in [0.3, 0.4) is 0 Å². The number of rotatable bonds is 7. The molecule has 1 saturated carbocycles. The molecule has 1 aliphatic rings. The number of aryl methyl sites for hydroxylation is 2. The standard InChI is InChI=1S/C22H31N5O3/c1-14(12-19-15(2)25-26(4)16(19)3)23-20(28)13-27-11-7-10-18(22(27)30)21(29)24-17-8-5-6-9-17/h7,10-11,14,17H,5-6,8-9,12-13H2,1-4H3,(H,23,28)(H,24,29). The first kappa shape index (κ1) is 21.8. The van der Waals surface area contributed by atoms with Gasteiger partial charge in [0.1, 0.15) is 12.1 Å². The van der Waals surface area contributed by atoms with Crippen molar-refractivity contribution >= 4 is 11.8 Å². The molecule has 2 N–H and O–H groups in total. The highest BCUT2D eigenvalue weighted by Gasteiger charge is 2.21. The number of hydrogen-bond acceptors (Lipinski definition) is 4. The van der Waals surface area contributed by atoms with Crippen LogP contribution in [0.4, 0.5) is 0 Å². The second kappa shape index (κ2) is 9.28. The van der Waals surface area contributed by atoms with Gasteiger partial charge in [0.25, 0.3) is 11.5 Å². The summed E-state index contributed by atoms with van der Waals surface area (Å²) < 4.78 is 3.12. The maximum absolute atomic E-state index is 12.7. The summed E-state index contributed by atoms with van der Waals surface area (Å²) in [7, 11) is 1.90. The van der Waals surface area contributed by atoms with Crippen LogP contribution in [0.25, 0.3) is 0 Å². The predicted molar refractivity (Wildman–Crippen MR) is 114 cm³/mol. The van der Waals surface area contributed by atoms with Gasteiger partial charge in [0.15, 0.2) is 0 Å². The van der Waals surface area contributed by atoms with Crippen molar-refractivity contribution in [2.24, 2.45) is 7.05 Å². The molecule has 1 unspecified atom stereocenters. The van der Waals surface area contributed by atoms with Crippen LogP contribution >= 0.6 is 0 Å². The molecule has 1 atom stereocenters. The normalized spacial score (nSPS) is 15.2. The maximum atomic E-state index is 12.7. The van der Waals surface area contributed by atoms with E-state index in [-0.39, 0.29) is 36.0 Å². The van der Waals surface area contributed by atoms with Gasteiger partial charge < -0.3 is 15.2 Å². The zero-order chi connectivity index (χ0) is 21.8. The monoisotopic (exact) mass is 413 g/mol. The van der Waals surface area contributed by atoms with E-state index >= 15 is 0 Å². The number of nitrogens with one attached hydrogen (secondary N) is 2. The fraction of sp³-hybridized carbons (Fsp3) is 0.545. The number of carbonyl (C=O) groups excluding carboxylic acids is 2. The first-order valence-electron chi connectivity index (χ1n) is 10.5. The molecule has 0 saturated heterocycles. The van der Waals surface area contributed by atoms with Crippen LogP contribution in [-0.4, -0.2) is 38.2 Å². The largest absolute Gasteiger partial charge is 0.352 e.